The smallest absolute Gasteiger partial charge is 0.451 e. The van der Waals surface area contributed by atoms with Gasteiger partial charge in [0, 0.05) is 13.1 Å². The maximum absolute atomic E-state index is 12.7. The molecule has 2 fully saturated rings. The zero-order valence-corrected chi connectivity index (χ0v) is 13.6. The van der Waals surface area contributed by atoms with Crippen molar-refractivity contribution in [3.63, 3.8) is 0 Å². The fourth-order valence-electron chi connectivity index (χ4n) is 3.37. The molecule has 1 N–H and O–H groups in total. The Labute approximate surface area is 139 Å². The molecular formula is C14H20ClF3N4O. The fraction of sp³-hybridized carbons (Fsp3) is 0.714. The summed E-state index contributed by atoms with van der Waals surface area (Å²) >= 11 is 0. The van der Waals surface area contributed by atoms with Crippen molar-refractivity contribution >= 4 is 18.1 Å². The van der Waals surface area contributed by atoms with Crippen LogP contribution in [0.4, 0.5) is 18.9 Å². The number of ether oxygens (including phenoxy) is 1. The van der Waals surface area contributed by atoms with Gasteiger partial charge in [0.05, 0.1) is 13.3 Å². The van der Waals surface area contributed by atoms with E-state index in [0.29, 0.717) is 5.69 Å². The Bertz CT molecular complexity index is 549. The van der Waals surface area contributed by atoms with Gasteiger partial charge in [0.1, 0.15) is 5.69 Å². The van der Waals surface area contributed by atoms with E-state index < -0.39 is 12.0 Å². The summed E-state index contributed by atoms with van der Waals surface area (Å²) < 4.78 is 43.2. The summed E-state index contributed by atoms with van der Waals surface area (Å²) in [5, 5.41) is 3.34. The Morgan fingerprint density at radius 2 is 1.96 bits per heavy atom. The number of methoxy groups -OCH3 is 1. The predicted molar refractivity (Wildman–Crippen MR) is 82.2 cm³/mol. The van der Waals surface area contributed by atoms with Gasteiger partial charge >= 0.3 is 6.18 Å². The molecule has 1 aromatic rings. The van der Waals surface area contributed by atoms with Gasteiger partial charge in [-0.25, -0.2) is 4.98 Å². The number of hydrogen-bond donors (Lipinski definition) is 1. The number of nitrogens with one attached hydrogen (secondary N) is 1. The molecule has 1 spiro atoms. The van der Waals surface area contributed by atoms with Crippen LogP contribution in [0.15, 0.2) is 6.20 Å². The third-order valence-electron chi connectivity index (χ3n) is 4.63. The summed E-state index contributed by atoms with van der Waals surface area (Å²) in [6, 6.07) is 0. The van der Waals surface area contributed by atoms with Crippen LogP contribution in [-0.2, 0) is 6.18 Å². The van der Waals surface area contributed by atoms with Crippen molar-refractivity contribution in [3.8, 4) is 5.88 Å². The quantitative estimate of drug-likeness (QED) is 0.886. The van der Waals surface area contributed by atoms with Crippen molar-refractivity contribution in [2.45, 2.75) is 25.4 Å². The first kappa shape index (κ1) is 18.1. The lowest BCUT2D eigenvalue weighted by Crippen LogP contribution is -2.38. The molecule has 2 saturated heterocycles. The highest BCUT2D eigenvalue weighted by atomic mass is 35.5. The third kappa shape index (κ3) is 3.63. The summed E-state index contributed by atoms with van der Waals surface area (Å²) in [5.74, 6) is -1.17. The largest absolute Gasteiger partial charge is 0.479 e. The first-order valence-electron chi connectivity index (χ1n) is 7.37. The molecule has 0 unspecified atom stereocenters. The molecule has 23 heavy (non-hydrogen) atoms. The highest BCUT2D eigenvalue weighted by Crippen LogP contribution is 2.42. The first-order chi connectivity index (χ1) is 10.4. The molecule has 0 aromatic carbocycles. The minimum absolute atomic E-state index is 0. The van der Waals surface area contributed by atoms with Gasteiger partial charge in [-0.05, 0) is 37.8 Å². The zero-order chi connectivity index (χ0) is 15.8. The average molecular weight is 353 g/mol. The molecule has 130 valence electrons. The monoisotopic (exact) mass is 352 g/mol. The summed E-state index contributed by atoms with van der Waals surface area (Å²) in [6.45, 7) is 3.60. The van der Waals surface area contributed by atoms with Crippen LogP contribution in [-0.4, -0.2) is 43.3 Å². The molecule has 0 aliphatic carbocycles. The number of halogens is 4. The standard InChI is InChI=1S/C14H19F3N4O.ClH/c1-22-11-10(8-19-12(20-11)14(15,16)17)21-7-4-13(9-21)2-5-18-6-3-13;/h8,18H,2-7,9H2,1H3;1H. The van der Waals surface area contributed by atoms with E-state index in [0.717, 1.165) is 45.4 Å². The van der Waals surface area contributed by atoms with Gasteiger partial charge in [-0.1, -0.05) is 0 Å². The van der Waals surface area contributed by atoms with Crippen molar-refractivity contribution in [1.29, 1.82) is 0 Å². The Morgan fingerprint density at radius 3 is 2.57 bits per heavy atom. The van der Waals surface area contributed by atoms with Crippen LogP contribution >= 0.6 is 12.4 Å². The van der Waals surface area contributed by atoms with Crippen LogP contribution < -0.4 is 15.0 Å². The maximum Gasteiger partial charge on any atom is 0.451 e. The van der Waals surface area contributed by atoms with Crippen molar-refractivity contribution in [2.24, 2.45) is 5.41 Å². The second-order valence-corrected chi connectivity index (χ2v) is 6.01. The van der Waals surface area contributed by atoms with Crippen molar-refractivity contribution in [2.75, 3.05) is 38.2 Å². The van der Waals surface area contributed by atoms with Crippen molar-refractivity contribution in [3.05, 3.63) is 12.0 Å². The van der Waals surface area contributed by atoms with Crippen LogP contribution in [0.1, 0.15) is 25.1 Å². The van der Waals surface area contributed by atoms with Crippen LogP contribution in [0, 0.1) is 5.41 Å². The molecule has 3 rings (SSSR count). The predicted octanol–water partition coefficient (Wildman–Crippen LogP) is 2.51. The van der Waals surface area contributed by atoms with Gasteiger partial charge in [0.15, 0.2) is 0 Å². The van der Waals surface area contributed by atoms with Crippen LogP contribution in [0.3, 0.4) is 0 Å². The summed E-state index contributed by atoms with van der Waals surface area (Å²) in [4.78, 5) is 9.04. The summed E-state index contributed by atoms with van der Waals surface area (Å²) in [6.07, 6.45) is -0.110. The number of nitrogens with zero attached hydrogens (tertiary/aromatic N) is 3. The van der Waals surface area contributed by atoms with E-state index in [9.17, 15) is 13.2 Å². The zero-order valence-electron chi connectivity index (χ0n) is 12.8. The lowest BCUT2D eigenvalue weighted by molar-refractivity contribution is -0.145. The molecule has 0 radical (unpaired) electrons. The van der Waals surface area contributed by atoms with E-state index in [4.69, 9.17) is 4.74 Å². The molecule has 2 aliphatic heterocycles. The van der Waals surface area contributed by atoms with Crippen LogP contribution in [0.2, 0.25) is 0 Å². The number of rotatable bonds is 2. The molecule has 0 atom stereocenters. The minimum Gasteiger partial charge on any atom is -0.479 e. The lowest BCUT2D eigenvalue weighted by atomic mass is 9.78. The van der Waals surface area contributed by atoms with Gasteiger partial charge in [-0.2, -0.15) is 18.2 Å². The lowest BCUT2D eigenvalue weighted by Gasteiger charge is -2.34. The third-order valence-corrected chi connectivity index (χ3v) is 4.63. The van der Waals surface area contributed by atoms with Crippen LogP contribution in [0.25, 0.3) is 0 Å². The van der Waals surface area contributed by atoms with E-state index in [1.807, 2.05) is 4.90 Å². The van der Waals surface area contributed by atoms with Crippen molar-refractivity contribution in [1.82, 2.24) is 15.3 Å². The van der Waals surface area contributed by atoms with Gasteiger partial charge < -0.3 is 15.0 Å². The Hall–Kier alpha value is -1.28. The van der Waals surface area contributed by atoms with Crippen molar-refractivity contribution < 1.29 is 17.9 Å². The maximum atomic E-state index is 12.7. The summed E-state index contributed by atoms with van der Waals surface area (Å²) in [5.41, 5.74) is 0.796. The molecule has 0 bridgehead atoms. The van der Waals surface area contributed by atoms with E-state index >= 15 is 0 Å². The van der Waals surface area contributed by atoms with E-state index in [2.05, 4.69) is 15.3 Å². The first-order valence-corrected chi connectivity index (χ1v) is 7.37. The van der Waals surface area contributed by atoms with Gasteiger partial charge in [0.25, 0.3) is 0 Å². The summed E-state index contributed by atoms with van der Waals surface area (Å²) in [7, 11) is 1.34. The Kier molecular flexibility index (Phi) is 5.25. The average Bonchev–Trinajstić information content (AvgIpc) is 2.90. The topological polar surface area (TPSA) is 50.3 Å². The van der Waals surface area contributed by atoms with Gasteiger partial charge in [0.2, 0.25) is 11.7 Å². The van der Waals surface area contributed by atoms with E-state index in [-0.39, 0.29) is 23.7 Å². The molecule has 1 aromatic heterocycles. The SMILES string of the molecule is COc1nc(C(F)(F)F)ncc1N1CCC2(CCNCC2)C1.Cl. The molecule has 0 saturated carbocycles. The Balaban J connectivity index is 0.00000192. The molecule has 9 heteroatoms. The number of anilines is 1. The Morgan fingerprint density at radius 1 is 1.26 bits per heavy atom. The fourth-order valence-corrected chi connectivity index (χ4v) is 3.37. The van der Waals surface area contributed by atoms with Gasteiger partial charge in [-0.3, -0.25) is 0 Å². The van der Waals surface area contributed by atoms with Gasteiger partial charge in [-0.15, -0.1) is 12.4 Å². The second kappa shape index (κ2) is 6.68. The normalized spacial score (nSPS) is 20.4. The molecular weight excluding hydrogens is 333 g/mol. The molecule has 5 nitrogen and oxygen atoms in total. The number of alkyl halides is 3. The second-order valence-electron chi connectivity index (χ2n) is 6.01. The number of piperidine rings is 1. The van der Waals surface area contributed by atoms with E-state index in [1.165, 1.54) is 13.3 Å². The highest BCUT2D eigenvalue weighted by Gasteiger charge is 2.41. The number of hydrogen-bond acceptors (Lipinski definition) is 5. The van der Waals surface area contributed by atoms with Crippen LogP contribution in [0.5, 0.6) is 5.88 Å². The number of aromatic nitrogens is 2. The van der Waals surface area contributed by atoms with E-state index in [1.54, 1.807) is 0 Å². The molecule has 2 aliphatic rings. The molecule has 3 heterocycles. The highest BCUT2D eigenvalue weighted by molar-refractivity contribution is 5.85. The minimum atomic E-state index is -4.56. The molecule has 0 amide bonds.